The van der Waals surface area contributed by atoms with Crippen LogP contribution in [0.25, 0.3) is 10.9 Å². The fraction of sp³-hybridized carbons (Fsp3) is 0.500. The van der Waals surface area contributed by atoms with E-state index in [0.717, 1.165) is 58.6 Å². The van der Waals surface area contributed by atoms with Gasteiger partial charge in [0.2, 0.25) is 0 Å². The highest BCUT2D eigenvalue weighted by Gasteiger charge is 2.30. The molecule has 1 fully saturated rings. The molecular formula is C28H38N4O3S. The number of amides is 1. The van der Waals surface area contributed by atoms with Gasteiger partial charge in [-0.15, -0.1) is 11.8 Å². The number of hydrogen-bond acceptors (Lipinski definition) is 5. The Bertz CT molecular complexity index is 1300. The number of aromatic amines is 1. The summed E-state index contributed by atoms with van der Waals surface area (Å²) in [4.78, 5) is 30.0. The minimum Gasteiger partial charge on any atom is -0.388 e. The number of nitrogens with one attached hydrogen (secondary N) is 3. The van der Waals surface area contributed by atoms with Crippen LogP contribution < -0.4 is 16.2 Å². The Labute approximate surface area is 217 Å². The standard InChI is InChI=1S/C28H38N4O3S/c1-16-13-25(36-6)23(27(33)31-16)15-30-28(34)26-18(3)32(24-12-9-20(29-4)14-22(24)26)17(2)19-7-10-21(35-5)11-8-19/h9,12-14,17,19,21,29H,7-8,10-11,15H2,1-6H3,(H,30,34)(H,31,33). The maximum atomic E-state index is 13.6. The van der Waals surface area contributed by atoms with Crippen molar-refractivity contribution in [3.05, 3.63) is 57.1 Å². The van der Waals surface area contributed by atoms with E-state index in [0.29, 0.717) is 23.1 Å². The second-order valence-electron chi connectivity index (χ2n) is 9.84. The highest BCUT2D eigenvalue weighted by atomic mass is 32.2. The Morgan fingerprint density at radius 3 is 2.58 bits per heavy atom. The number of anilines is 1. The number of pyridine rings is 1. The van der Waals surface area contributed by atoms with Gasteiger partial charge in [-0.1, -0.05) is 0 Å². The van der Waals surface area contributed by atoms with E-state index in [2.05, 4.69) is 39.2 Å². The van der Waals surface area contributed by atoms with Crippen LogP contribution in [-0.4, -0.2) is 42.0 Å². The number of benzene rings is 1. The van der Waals surface area contributed by atoms with E-state index >= 15 is 0 Å². The van der Waals surface area contributed by atoms with Crippen LogP contribution in [0.3, 0.4) is 0 Å². The molecule has 2 aromatic heterocycles. The Balaban J connectivity index is 1.69. The van der Waals surface area contributed by atoms with Crippen molar-refractivity contribution in [1.29, 1.82) is 0 Å². The first-order valence-corrected chi connectivity index (χ1v) is 13.9. The highest BCUT2D eigenvalue weighted by Crippen LogP contribution is 2.39. The van der Waals surface area contributed by atoms with E-state index in [1.54, 1.807) is 7.11 Å². The Morgan fingerprint density at radius 1 is 1.22 bits per heavy atom. The number of H-pyrrole nitrogens is 1. The molecule has 4 rings (SSSR count). The first-order valence-electron chi connectivity index (χ1n) is 12.7. The van der Waals surface area contributed by atoms with Crippen molar-refractivity contribution in [2.24, 2.45) is 5.92 Å². The van der Waals surface area contributed by atoms with Crippen molar-refractivity contribution in [3.63, 3.8) is 0 Å². The third-order valence-electron chi connectivity index (χ3n) is 7.78. The number of nitrogens with zero attached hydrogens (tertiary/aromatic N) is 1. The lowest BCUT2D eigenvalue weighted by atomic mass is 9.83. The summed E-state index contributed by atoms with van der Waals surface area (Å²) in [6.07, 6.45) is 6.67. The molecule has 0 saturated heterocycles. The predicted molar refractivity (Wildman–Crippen MR) is 148 cm³/mol. The fourth-order valence-corrected chi connectivity index (χ4v) is 6.43. The SMILES string of the molecule is CNc1ccc2c(c1)c(C(=O)NCc1c(SC)cc(C)[nH]c1=O)c(C)n2C(C)C1CCC(OC)CC1. The van der Waals surface area contributed by atoms with Gasteiger partial charge in [0.1, 0.15) is 0 Å². The van der Waals surface area contributed by atoms with Crippen LogP contribution in [0, 0.1) is 19.8 Å². The number of aromatic nitrogens is 2. The summed E-state index contributed by atoms with van der Waals surface area (Å²) in [6, 6.07) is 8.43. The zero-order chi connectivity index (χ0) is 26.0. The summed E-state index contributed by atoms with van der Waals surface area (Å²) in [5, 5.41) is 7.17. The molecule has 1 amide bonds. The first-order chi connectivity index (χ1) is 17.3. The minimum absolute atomic E-state index is 0.156. The van der Waals surface area contributed by atoms with Crippen LogP contribution in [0.1, 0.15) is 66.0 Å². The van der Waals surface area contributed by atoms with Gasteiger partial charge in [0.15, 0.2) is 0 Å². The number of thioether (sulfide) groups is 1. The van der Waals surface area contributed by atoms with E-state index in [1.807, 2.05) is 39.3 Å². The Hall–Kier alpha value is -2.71. The van der Waals surface area contributed by atoms with Crippen LogP contribution in [-0.2, 0) is 11.3 Å². The molecule has 1 unspecified atom stereocenters. The molecule has 8 heteroatoms. The number of rotatable bonds is 8. The first kappa shape index (κ1) is 26.4. The molecule has 3 aromatic rings. The number of carbonyl (C=O) groups excluding carboxylic acids is 1. The lowest BCUT2D eigenvalue weighted by molar-refractivity contribution is 0.0492. The monoisotopic (exact) mass is 510 g/mol. The molecule has 7 nitrogen and oxygen atoms in total. The number of methoxy groups -OCH3 is 1. The molecule has 2 heterocycles. The second-order valence-corrected chi connectivity index (χ2v) is 10.7. The summed E-state index contributed by atoms with van der Waals surface area (Å²) in [7, 11) is 3.68. The smallest absolute Gasteiger partial charge is 0.254 e. The second kappa shape index (κ2) is 11.1. The molecule has 1 aliphatic carbocycles. The topological polar surface area (TPSA) is 88.2 Å². The van der Waals surface area contributed by atoms with Gasteiger partial charge < -0.3 is 24.9 Å². The number of fused-ring (bicyclic) bond motifs is 1. The van der Waals surface area contributed by atoms with E-state index in [4.69, 9.17) is 4.74 Å². The fourth-order valence-electron chi connectivity index (χ4n) is 5.72. The molecule has 1 saturated carbocycles. The van der Waals surface area contributed by atoms with Gasteiger partial charge in [0.05, 0.1) is 11.7 Å². The van der Waals surface area contributed by atoms with Gasteiger partial charge in [0, 0.05) is 65.2 Å². The molecule has 1 aliphatic rings. The van der Waals surface area contributed by atoms with Gasteiger partial charge in [0.25, 0.3) is 11.5 Å². The van der Waals surface area contributed by atoms with Crippen molar-refractivity contribution >= 4 is 34.3 Å². The molecule has 1 atom stereocenters. The Kier molecular flexibility index (Phi) is 8.15. The third-order valence-corrected chi connectivity index (χ3v) is 8.59. The largest absolute Gasteiger partial charge is 0.388 e. The van der Waals surface area contributed by atoms with Crippen LogP contribution in [0.15, 0.2) is 34.0 Å². The summed E-state index contributed by atoms with van der Waals surface area (Å²) >= 11 is 1.51. The lowest BCUT2D eigenvalue weighted by Gasteiger charge is -2.33. The molecule has 0 bridgehead atoms. The van der Waals surface area contributed by atoms with E-state index in [9.17, 15) is 9.59 Å². The van der Waals surface area contributed by atoms with Gasteiger partial charge in [-0.05, 0) is 82.9 Å². The zero-order valence-corrected chi connectivity index (χ0v) is 23.0. The molecule has 36 heavy (non-hydrogen) atoms. The number of carbonyl (C=O) groups is 1. The zero-order valence-electron chi connectivity index (χ0n) is 22.2. The van der Waals surface area contributed by atoms with Gasteiger partial charge in [-0.3, -0.25) is 9.59 Å². The van der Waals surface area contributed by atoms with Crippen molar-refractivity contribution < 1.29 is 9.53 Å². The molecular weight excluding hydrogens is 472 g/mol. The van der Waals surface area contributed by atoms with Crippen molar-refractivity contribution in [2.45, 2.75) is 70.0 Å². The van der Waals surface area contributed by atoms with Crippen LogP contribution in [0.2, 0.25) is 0 Å². The van der Waals surface area contributed by atoms with Crippen molar-refractivity contribution in [3.8, 4) is 0 Å². The highest BCUT2D eigenvalue weighted by molar-refractivity contribution is 7.98. The lowest BCUT2D eigenvalue weighted by Crippen LogP contribution is -2.29. The Morgan fingerprint density at radius 2 is 1.94 bits per heavy atom. The van der Waals surface area contributed by atoms with Gasteiger partial charge >= 0.3 is 0 Å². The van der Waals surface area contributed by atoms with Crippen molar-refractivity contribution in [1.82, 2.24) is 14.9 Å². The van der Waals surface area contributed by atoms with Gasteiger partial charge in [-0.25, -0.2) is 0 Å². The van der Waals surface area contributed by atoms with E-state index in [1.165, 1.54) is 11.8 Å². The molecule has 0 radical (unpaired) electrons. The average molecular weight is 511 g/mol. The molecule has 1 aromatic carbocycles. The van der Waals surface area contributed by atoms with Crippen LogP contribution >= 0.6 is 11.8 Å². The minimum atomic E-state index is -0.160. The van der Waals surface area contributed by atoms with Gasteiger partial charge in [-0.2, -0.15) is 0 Å². The van der Waals surface area contributed by atoms with E-state index < -0.39 is 0 Å². The van der Waals surface area contributed by atoms with E-state index in [-0.39, 0.29) is 24.1 Å². The molecule has 0 spiro atoms. The summed E-state index contributed by atoms with van der Waals surface area (Å²) in [6.45, 7) is 6.36. The number of ether oxygens (including phenoxy) is 1. The normalized spacial score (nSPS) is 18.8. The van der Waals surface area contributed by atoms with Crippen LogP contribution in [0.5, 0.6) is 0 Å². The van der Waals surface area contributed by atoms with Crippen molar-refractivity contribution in [2.75, 3.05) is 25.7 Å². The predicted octanol–water partition coefficient (Wildman–Crippen LogP) is 5.41. The summed E-state index contributed by atoms with van der Waals surface area (Å²) < 4.78 is 7.92. The number of aryl methyl sites for hydroxylation is 1. The maximum Gasteiger partial charge on any atom is 0.254 e. The average Bonchev–Trinajstić information content (AvgIpc) is 3.17. The molecule has 3 N–H and O–H groups in total. The summed E-state index contributed by atoms with van der Waals surface area (Å²) in [5.74, 6) is 0.368. The molecule has 0 aliphatic heterocycles. The summed E-state index contributed by atoms with van der Waals surface area (Å²) in [5.41, 5.74) is 4.90. The third kappa shape index (κ3) is 5.06. The molecule has 194 valence electrons. The maximum absolute atomic E-state index is 13.6. The quantitative estimate of drug-likeness (QED) is 0.353. The van der Waals surface area contributed by atoms with Crippen LogP contribution in [0.4, 0.5) is 5.69 Å². The number of hydrogen-bond donors (Lipinski definition) is 3.